The molecule has 35 heavy (non-hydrogen) atoms. The minimum atomic E-state index is -0.0274. The van der Waals surface area contributed by atoms with Crippen LogP contribution in [-0.4, -0.2) is 4.98 Å². The lowest BCUT2D eigenvalue weighted by molar-refractivity contribution is 0.410. The molecular formula is C32H32N2S. The SMILES string of the molecule is [C-]#[N+]c1ccc2c(C(C)(C)C)cc(-c3nccc4c3sc3c(C)c(CC(C)(C)C)ccc34)cc2c1. The Morgan fingerprint density at radius 3 is 2.26 bits per heavy atom. The maximum atomic E-state index is 7.49. The van der Waals surface area contributed by atoms with Crippen molar-refractivity contribution < 1.29 is 0 Å². The van der Waals surface area contributed by atoms with E-state index in [1.807, 2.05) is 29.7 Å². The van der Waals surface area contributed by atoms with Gasteiger partial charge >= 0.3 is 0 Å². The van der Waals surface area contributed by atoms with E-state index in [0.29, 0.717) is 5.69 Å². The third kappa shape index (κ3) is 4.21. The predicted octanol–water partition coefficient (Wildman–Crippen LogP) is 10.0. The molecule has 0 aliphatic rings. The van der Waals surface area contributed by atoms with Crippen molar-refractivity contribution >= 4 is 48.0 Å². The van der Waals surface area contributed by atoms with Gasteiger partial charge in [0.1, 0.15) is 0 Å². The van der Waals surface area contributed by atoms with E-state index in [4.69, 9.17) is 11.6 Å². The van der Waals surface area contributed by atoms with Crippen molar-refractivity contribution in [3.05, 3.63) is 82.8 Å². The molecule has 5 aromatic rings. The van der Waals surface area contributed by atoms with E-state index in [2.05, 4.69) is 89.7 Å². The van der Waals surface area contributed by atoms with Crippen molar-refractivity contribution in [1.82, 2.24) is 4.98 Å². The highest BCUT2D eigenvalue weighted by Crippen LogP contribution is 2.43. The first-order valence-electron chi connectivity index (χ1n) is 12.2. The van der Waals surface area contributed by atoms with Gasteiger partial charge in [-0.15, -0.1) is 11.3 Å². The average Bonchev–Trinajstić information content (AvgIpc) is 3.18. The quantitative estimate of drug-likeness (QED) is 0.232. The summed E-state index contributed by atoms with van der Waals surface area (Å²) in [6.45, 7) is 23.4. The fourth-order valence-electron chi connectivity index (χ4n) is 5.09. The molecule has 0 amide bonds. The second-order valence-corrected chi connectivity index (χ2v) is 12.9. The Kier molecular flexibility index (Phi) is 5.49. The zero-order chi connectivity index (χ0) is 25.1. The van der Waals surface area contributed by atoms with Crippen LogP contribution < -0.4 is 0 Å². The molecule has 0 N–H and O–H groups in total. The smallest absolute Gasteiger partial charge is 0.187 e. The van der Waals surface area contributed by atoms with Crippen molar-refractivity contribution in [3.8, 4) is 11.3 Å². The highest BCUT2D eigenvalue weighted by atomic mass is 32.1. The second-order valence-electron chi connectivity index (χ2n) is 11.9. The van der Waals surface area contributed by atoms with E-state index in [0.717, 1.165) is 23.1 Å². The van der Waals surface area contributed by atoms with Crippen LogP contribution in [0.1, 0.15) is 58.2 Å². The minimum absolute atomic E-state index is 0.0274. The molecule has 2 heterocycles. The van der Waals surface area contributed by atoms with E-state index in [-0.39, 0.29) is 10.8 Å². The van der Waals surface area contributed by atoms with Gasteiger partial charge in [0, 0.05) is 27.2 Å². The van der Waals surface area contributed by atoms with Crippen LogP contribution >= 0.6 is 11.3 Å². The van der Waals surface area contributed by atoms with Gasteiger partial charge in [-0.3, -0.25) is 4.98 Å². The van der Waals surface area contributed by atoms with E-state index >= 15 is 0 Å². The van der Waals surface area contributed by atoms with E-state index in [1.54, 1.807) is 0 Å². The van der Waals surface area contributed by atoms with Gasteiger partial charge in [-0.1, -0.05) is 65.8 Å². The molecule has 3 heteroatoms. The molecule has 0 saturated carbocycles. The number of nitrogens with zero attached hydrogens (tertiary/aromatic N) is 2. The van der Waals surface area contributed by atoms with Gasteiger partial charge in [0.2, 0.25) is 0 Å². The van der Waals surface area contributed by atoms with Crippen molar-refractivity contribution in [2.24, 2.45) is 5.41 Å². The van der Waals surface area contributed by atoms with E-state index in [1.165, 1.54) is 42.2 Å². The normalized spacial score (nSPS) is 12.5. The van der Waals surface area contributed by atoms with Crippen molar-refractivity contribution in [1.29, 1.82) is 0 Å². The molecule has 0 bridgehead atoms. The molecule has 2 aromatic heterocycles. The van der Waals surface area contributed by atoms with Crippen LogP contribution in [0.25, 0.3) is 47.0 Å². The topological polar surface area (TPSA) is 17.2 Å². The number of pyridine rings is 1. The summed E-state index contributed by atoms with van der Waals surface area (Å²) in [5, 5.41) is 4.90. The molecule has 0 aliphatic carbocycles. The summed E-state index contributed by atoms with van der Waals surface area (Å²) >= 11 is 1.87. The van der Waals surface area contributed by atoms with Crippen LogP contribution in [0.3, 0.4) is 0 Å². The number of benzene rings is 3. The third-order valence-electron chi connectivity index (χ3n) is 6.78. The number of hydrogen-bond acceptors (Lipinski definition) is 2. The Hall–Kier alpha value is -3.22. The Bertz CT molecular complexity index is 1650. The summed E-state index contributed by atoms with van der Waals surface area (Å²) < 4.78 is 2.60. The molecule has 176 valence electrons. The molecule has 2 nitrogen and oxygen atoms in total. The lowest BCUT2D eigenvalue weighted by atomic mass is 9.82. The zero-order valence-corrected chi connectivity index (χ0v) is 22.5. The third-order valence-corrected chi connectivity index (χ3v) is 8.13. The molecular weight excluding hydrogens is 444 g/mol. The molecule has 0 atom stereocenters. The maximum Gasteiger partial charge on any atom is 0.187 e. The number of rotatable bonds is 2. The predicted molar refractivity (Wildman–Crippen MR) is 153 cm³/mol. The summed E-state index contributed by atoms with van der Waals surface area (Å²) in [6.07, 6.45) is 3.01. The van der Waals surface area contributed by atoms with Gasteiger partial charge in [-0.05, 0) is 75.9 Å². The maximum absolute atomic E-state index is 7.49. The van der Waals surface area contributed by atoms with Gasteiger partial charge in [0.05, 0.1) is 17.0 Å². The summed E-state index contributed by atoms with van der Waals surface area (Å²) in [5.41, 5.74) is 7.14. The molecule has 0 spiro atoms. The number of fused-ring (bicyclic) bond motifs is 4. The standard InChI is InChI=1S/C32H32N2S/c1-19-20(18-31(2,3)4)9-11-25-26-13-14-34-28(30(26)35-29(19)25)22-15-21-16-23(33-8)10-12-24(21)27(17-22)32(5,6)7/h9-17H,18H2,1-7H3. The number of aryl methyl sites for hydroxylation is 1. The minimum Gasteiger partial charge on any atom is -0.255 e. The van der Waals surface area contributed by atoms with Gasteiger partial charge in [-0.25, -0.2) is 4.85 Å². The Labute approximate surface area is 212 Å². The Morgan fingerprint density at radius 2 is 1.57 bits per heavy atom. The summed E-state index contributed by atoms with van der Waals surface area (Å²) in [4.78, 5) is 8.58. The molecule has 0 fully saturated rings. The molecule has 0 radical (unpaired) electrons. The summed E-state index contributed by atoms with van der Waals surface area (Å²) in [6, 6.07) is 17.3. The highest BCUT2D eigenvalue weighted by molar-refractivity contribution is 7.26. The molecule has 0 saturated heterocycles. The van der Waals surface area contributed by atoms with Crippen LogP contribution in [0.2, 0.25) is 0 Å². The Morgan fingerprint density at radius 1 is 0.857 bits per heavy atom. The van der Waals surface area contributed by atoms with Crippen LogP contribution in [0.5, 0.6) is 0 Å². The van der Waals surface area contributed by atoms with E-state index in [9.17, 15) is 0 Å². The van der Waals surface area contributed by atoms with Crippen LogP contribution in [-0.2, 0) is 11.8 Å². The number of hydrogen-bond donors (Lipinski definition) is 0. The number of thiophene rings is 1. The van der Waals surface area contributed by atoms with Crippen molar-refractivity contribution in [2.45, 2.75) is 60.3 Å². The van der Waals surface area contributed by atoms with Gasteiger partial charge < -0.3 is 0 Å². The second kappa shape index (κ2) is 8.18. The van der Waals surface area contributed by atoms with Gasteiger partial charge in [-0.2, -0.15) is 0 Å². The lowest BCUT2D eigenvalue weighted by Crippen LogP contribution is -2.12. The van der Waals surface area contributed by atoms with Crippen LogP contribution in [0.4, 0.5) is 5.69 Å². The first-order chi connectivity index (χ1) is 16.5. The van der Waals surface area contributed by atoms with Gasteiger partial charge in [0.15, 0.2) is 5.69 Å². The van der Waals surface area contributed by atoms with Crippen LogP contribution in [0.15, 0.2) is 54.7 Å². The molecule has 0 aliphatic heterocycles. The Balaban J connectivity index is 1.79. The molecule has 5 rings (SSSR count). The summed E-state index contributed by atoms with van der Waals surface area (Å²) in [5.74, 6) is 0. The fourth-order valence-corrected chi connectivity index (χ4v) is 6.43. The lowest BCUT2D eigenvalue weighted by Gasteiger charge is -2.23. The van der Waals surface area contributed by atoms with Crippen molar-refractivity contribution in [2.75, 3.05) is 0 Å². The monoisotopic (exact) mass is 476 g/mol. The first-order valence-corrected chi connectivity index (χ1v) is 13.0. The highest BCUT2D eigenvalue weighted by Gasteiger charge is 2.21. The van der Waals surface area contributed by atoms with Crippen LogP contribution in [0, 0.1) is 18.9 Å². The first kappa shape index (κ1) is 23.5. The zero-order valence-electron chi connectivity index (χ0n) is 21.7. The fraction of sp³-hybridized carbons (Fsp3) is 0.312. The number of aromatic nitrogens is 1. The van der Waals surface area contributed by atoms with Gasteiger partial charge in [0.25, 0.3) is 0 Å². The van der Waals surface area contributed by atoms with E-state index < -0.39 is 0 Å². The average molecular weight is 477 g/mol. The largest absolute Gasteiger partial charge is 0.255 e. The molecule has 0 unspecified atom stereocenters. The molecule has 3 aromatic carbocycles. The summed E-state index contributed by atoms with van der Waals surface area (Å²) in [7, 11) is 0. The van der Waals surface area contributed by atoms with Crippen molar-refractivity contribution in [3.63, 3.8) is 0 Å².